The molecule has 0 aliphatic heterocycles. The van der Waals surface area contributed by atoms with Gasteiger partial charge in [-0.25, -0.2) is 26.8 Å². The van der Waals surface area contributed by atoms with E-state index in [2.05, 4.69) is 10.3 Å². The third-order valence-electron chi connectivity index (χ3n) is 5.81. The third kappa shape index (κ3) is 9.37. The summed E-state index contributed by atoms with van der Waals surface area (Å²) in [6.45, 7) is 6.91. The first kappa shape index (κ1) is 34.3. The van der Waals surface area contributed by atoms with E-state index in [1.54, 1.807) is 51.3 Å². The Balaban J connectivity index is 1.97. The number of primary sulfonamides is 1. The van der Waals surface area contributed by atoms with Crippen LogP contribution in [0, 0.1) is 6.92 Å². The average molecular weight is 667 g/mol. The second-order valence-electron chi connectivity index (χ2n) is 10.5. The minimum absolute atomic E-state index is 0.0148. The minimum atomic E-state index is -4.05. The van der Waals surface area contributed by atoms with Gasteiger partial charge in [-0.1, -0.05) is 24.3 Å². The van der Waals surface area contributed by atoms with Crippen LogP contribution in [-0.4, -0.2) is 52.3 Å². The number of nitrogens with two attached hydrogens (primary N) is 2. The molecule has 3 aromatic rings. The van der Waals surface area contributed by atoms with E-state index in [1.807, 2.05) is 13.0 Å². The zero-order chi connectivity index (χ0) is 32.2. The van der Waals surface area contributed by atoms with Crippen molar-refractivity contribution >= 4 is 66.5 Å². The number of benzene rings is 2. The number of carbonyl (C=O) groups excluding carboxylic acids is 2. The van der Waals surface area contributed by atoms with Gasteiger partial charge in [0.25, 0.3) is 0 Å². The van der Waals surface area contributed by atoms with Crippen molar-refractivity contribution in [3.8, 4) is 11.1 Å². The molecule has 0 radical (unpaired) electrons. The van der Waals surface area contributed by atoms with Crippen LogP contribution < -0.4 is 16.2 Å². The Morgan fingerprint density at radius 2 is 1.74 bits per heavy atom. The van der Waals surface area contributed by atoms with Crippen molar-refractivity contribution in [2.45, 2.75) is 60.1 Å². The first-order chi connectivity index (χ1) is 19.9. The number of ether oxygens (including phenoxy) is 1. The smallest absolute Gasteiger partial charge is 0.436 e. The average Bonchev–Trinajstić information content (AvgIpc) is 3.33. The normalized spacial score (nSPS) is 12.7. The van der Waals surface area contributed by atoms with Crippen LogP contribution in [0.15, 0.2) is 67.5 Å². The molecule has 11 nitrogen and oxygen atoms in total. The second kappa shape index (κ2) is 13.6. The molecule has 43 heavy (non-hydrogen) atoms. The van der Waals surface area contributed by atoms with Crippen LogP contribution in [0.1, 0.15) is 44.1 Å². The summed E-state index contributed by atoms with van der Waals surface area (Å²) in [6, 6.07) is 13.0. The van der Waals surface area contributed by atoms with E-state index in [0.29, 0.717) is 25.9 Å². The lowest BCUT2D eigenvalue weighted by molar-refractivity contribution is -0.116. The lowest BCUT2D eigenvalue weighted by Gasteiger charge is -2.17. The highest BCUT2D eigenvalue weighted by Gasteiger charge is 2.26. The van der Waals surface area contributed by atoms with Crippen molar-refractivity contribution in [2.24, 2.45) is 15.9 Å². The summed E-state index contributed by atoms with van der Waals surface area (Å²) in [5.74, 6) is -0.878. The Hall–Kier alpha value is -3.24. The number of rotatable bonds is 10. The van der Waals surface area contributed by atoms with Gasteiger partial charge in [-0.2, -0.15) is 4.99 Å². The highest BCUT2D eigenvalue weighted by atomic mass is 32.2. The van der Waals surface area contributed by atoms with E-state index in [1.165, 1.54) is 30.0 Å². The van der Waals surface area contributed by atoms with E-state index in [0.717, 1.165) is 16.9 Å². The van der Waals surface area contributed by atoms with Crippen molar-refractivity contribution in [1.82, 2.24) is 0 Å². The topological polar surface area (TPSA) is 188 Å². The monoisotopic (exact) mass is 666 g/mol. The number of aliphatic imine (C=N–C) groups is 1. The maximum absolute atomic E-state index is 13.9. The molecule has 5 N–H and O–H groups in total. The molecule has 232 valence electrons. The van der Waals surface area contributed by atoms with Gasteiger partial charge in [0.1, 0.15) is 11.4 Å². The molecule has 0 aliphatic carbocycles. The lowest BCUT2D eigenvalue weighted by Crippen LogP contribution is -2.24. The molecule has 3 rings (SSSR count). The summed E-state index contributed by atoms with van der Waals surface area (Å²) < 4.78 is 55.8. The van der Waals surface area contributed by atoms with Gasteiger partial charge in [-0.3, -0.25) is 4.79 Å². The second-order valence-corrected chi connectivity index (χ2v) is 16.3. The fraction of sp³-hybridized carbons (Fsp3) is 0.321. The highest BCUT2D eigenvalue weighted by Crippen LogP contribution is 2.39. The summed E-state index contributed by atoms with van der Waals surface area (Å²) in [7, 11) is -7.73. The molecule has 0 bridgehead atoms. The number of nitrogens with one attached hydrogen (secondary N) is 1. The lowest BCUT2D eigenvalue weighted by atomic mass is 9.98. The Bertz CT molecular complexity index is 1770. The van der Waals surface area contributed by atoms with Crippen LogP contribution in [-0.2, 0) is 29.4 Å². The molecule has 1 aromatic heterocycles. The van der Waals surface area contributed by atoms with Crippen molar-refractivity contribution in [3.05, 3.63) is 59.0 Å². The van der Waals surface area contributed by atoms with Crippen molar-refractivity contribution in [2.75, 3.05) is 17.3 Å². The maximum Gasteiger partial charge on any atom is 0.436 e. The number of thioether (sulfide) groups is 1. The molecule has 0 spiro atoms. The minimum Gasteiger partial charge on any atom is -0.442 e. The Kier molecular flexibility index (Phi) is 10.8. The molecule has 2 amide bonds. The number of carbonyl (C=O) groups is 2. The Labute approximate surface area is 260 Å². The number of anilines is 1. The van der Waals surface area contributed by atoms with Gasteiger partial charge < -0.3 is 15.8 Å². The van der Waals surface area contributed by atoms with Gasteiger partial charge in [0.15, 0.2) is 0 Å². The molecule has 1 heterocycles. The van der Waals surface area contributed by atoms with Crippen LogP contribution in [0.4, 0.5) is 10.5 Å². The zero-order valence-electron chi connectivity index (χ0n) is 24.3. The number of thiophene rings is 1. The molecular formula is C28H34N4O7S4. The number of amides is 2. The number of hydrogen-bond acceptors (Lipinski definition) is 9. The molecule has 15 heteroatoms. The SMILES string of the molecule is CSc1sc(C(N)=NC(=O)OC(C)(C)C)cc1S(=O)(=O)c1cccc(-c2c(C)cccc2NC(=O)CCCS(N)(=O)=O)c1. The standard InChI is InChI=1S/C28H34N4O7S4/c1-17-9-6-12-20(31-23(33)13-8-14-42(30,35)36)24(17)18-10-7-11-19(15-18)43(37,38)22-16-21(41-26(22)40-5)25(29)32-27(34)39-28(2,3)4/h6-7,9-12,15-16H,8,13-14H2,1-5H3,(H,31,33)(H2,29,32,34)(H2,30,35,36). The van der Waals surface area contributed by atoms with E-state index < -0.39 is 37.5 Å². The maximum atomic E-state index is 13.9. The van der Waals surface area contributed by atoms with Crippen molar-refractivity contribution in [3.63, 3.8) is 0 Å². The quantitative estimate of drug-likeness (QED) is 0.153. The zero-order valence-corrected chi connectivity index (χ0v) is 27.6. The van der Waals surface area contributed by atoms with Gasteiger partial charge >= 0.3 is 6.09 Å². The summed E-state index contributed by atoms with van der Waals surface area (Å²) in [6.07, 6.45) is 0.854. The van der Waals surface area contributed by atoms with Gasteiger partial charge in [0, 0.05) is 17.7 Å². The number of nitrogens with zero attached hydrogens (tertiary/aromatic N) is 1. The van der Waals surface area contributed by atoms with E-state index in [4.69, 9.17) is 15.6 Å². The van der Waals surface area contributed by atoms with E-state index >= 15 is 0 Å². The predicted octanol–water partition coefficient (Wildman–Crippen LogP) is 4.93. The Morgan fingerprint density at radius 3 is 2.37 bits per heavy atom. The van der Waals surface area contributed by atoms with E-state index in [9.17, 15) is 26.4 Å². The number of hydrogen-bond donors (Lipinski definition) is 3. The van der Waals surface area contributed by atoms with Gasteiger partial charge in [0.05, 0.1) is 24.6 Å². The number of sulfonamides is 1. The van der Waals surface area contributed by atoms with E-state index in [-0.39, 0.29) is 34.2 Å². The Morgan fingerprint density at radius 1 is 1.07 bits per heavy atom. The predicted molar refractivity (Wildman–Crippen MR) is 171 cm³/mol. The van der Waals surface area contributed by atoms with Crippen LogP contribution in [0.25, 0.3) is 11.1 Å². The molecule has 2 aromatic carbocycles. The molecule has 0 atom stereocenters. The molecule has 0 aliphatic rings. The summed E-state index contributed by atoms with van der Waals surface area (Å²) in [5, 5.41) is 7.82. The van der Waals surface area contributed by atoms with Crippen LogP contribution in [0.3, 0.4) is 0 Å². The van der Waals surface area contributed by atoms with Crippen LogP contribution >= 0.6 is 23.1 Å². The first-order valence-corrected chi connectivity index (χ1v) is 18.2. The van der Waals surface area contributed by atoms with Crippen LogP contribution in [0.2, 0.25) is 0 Å². The molecule has 0 saturated carbocycles. The van der Waals surface area contributed by atoms with Gasteiger partial charge in [-0.15, -0.1) is 23.1 Å². The van der Waals surface area contributed by atoms with Crippen LogP contribution in [0.5, 0.6) is 0 Å². The highest BCUT2D eigenvalue weighted by molar-refractivity contribution is 8.01. The summed E-state index contributed by atoms with van der Waals surface area (Å²) in [4.78, 5) is 28.8. The van der Waals surface area contributed by atoms with Gasteiger partial charge in [-0.05, 0) is 75.8 Å². The van der Waals surface area contributed by atoms with Gasteiger partial charge in [0.2, 0.25) is 25.8 Å². The third-order valence-corrected chi connectivity index (χ3v) is 11.0. The van der Waals surface area contributed by atoms with Crippen molar-refractivity contribution in [1.29, 1.82) is 0 Å². The molecule has 0 unspecified atom stereocenters. The number of amidine groups is 1. The number of aryl methyl sites for hydroxylation is 1. The summed E-state index contributed by atoms with van der Waals surface area (Å²) >= 11 is 2.32. The summed E-state index contributed by atoms with van der Waals surface area (Å²) in [5.41, 5.74) is 7.67. The first-order valence-electron chi connectivity index (χ1n) is 12.9. The van der Waals surface area contributed by atoms with Crippen molar-refractivity contribution < 1.29 is 31.2 Å². The number of sulfone groups is 1. The molecule has 0 fully saturated rings. The largest absolute Gasteiger partial charge is 0.442 e. The molecule has 0 saturated heterocycles. The fourth-order valence-electron chi connectivity index (χ4n) is 4.00. The molecular weight excluding hydrogens is 633 g/mol. The fourth-order valence-corrected chi connectivity index (χ4v) is 8.49.